The first-order valence-corrected chi connectivity index (χ1v) is 6.22. The van der Waals surface area contributed by atoms with E-state index in [2.05, 4.69) is 12.1 Å². The lowest BCUT2D eigenvalue weighted by Crippen LogP contribution is -1.98. The Bertz CT molecular complexity index is 564. The number of hydrogen-bond donors (Lipinski definition) is 0. The second kappa shape index (κ2) is 6.47. The third-order valence-corrected chi connectivity index (χ3v) is 2.83. The molecule has 1 aromatic carbocycles. The number of nitriles is 2. The molecule has 0 aliphatic carbocycles. The molecule has 96 valence electrons. The van der Waals surface area contributed by atoms with Crippen molar-refractivity contribution in [3.63, 3.8) is 0 Å². The highest BCUT2D eigenvalue weighted by Gasteiger charge is 2.19. The zero-order valence-electron chi connectivity index (χ0n) is 10.6. The fraction of sp³-hybridized carbons (Fsp3) is 0.333. The molecule has 1 aliphatic rings. The van der Waals surface area contributed by atoms with Gasteiger partial charge in [0, 0.05) is 12.8 Å². The highest BCUT2D eigenvalue weighted by molar-refractivity contribution is 5.71. The largest absolute Gasteiger partial charge is 0.492 e. The van der Waals surface area contributed by atoms with Gasteiger partial charge in [-0.3, -0.25) is 0 Å². The molecule has 0 spiro atoms. The Kier molecular flexibility index (Phi) is 4.42. The summed E-state index contributed by atoms with van der Waals surface area (Å²) < 4.78 is 11.3. The van der Waals surface area contributed by atoms with E-state index < -0.39 is 0 Å². The third kappa shape index (κ3) is 3.05. The van der Waals surface area contributed by atoms with Gasteiger partial charge in [-0.1, -0.05) is 12.1 Å². The van der Waals surface area contributed by atoms with E-state index in [1.165, 1.54) is 0 Å². The topological polar surface area (TPSA) is 66.0 Å². The fourth-order valence-electron chi connectivity index (χ4n) is 1.92. The summed E-state index contributed by atoms with van der Waals surface area (Å²) in [5.41, 5.74) is 1.41. The molecule has 1 aromatic rings. The molecule has 0 bridgehead atoms. The number of rotatable bonds is 4. The number of benzene rings is 1. The SMILES string of the molecule is N#CCCCOC1=C(C#N)CCOc2ccccc21. The van der Waals surface area contributed by atoms with E-state index in [-0.39, 0.29) is 0 Å². The summed E-state index contributed by atoms with van der Waals surface area (Å²) in [6, 6.07) is 11.8. The predicted octanol–water partition coefficient (Wildman–Crippen LogP) is 3.02. The zero-order valence-corrected chi connectivity index (χ0v) is 10.6. The van der Waals surface area contributed by atoms with E-state index in [9.17, 15) is 5.26 Å². The number of hydrogen-bond acceptors (Lipinski definition) is 4. The zero-order chi connectivity index (χ0) is 13.5. The van der Waals surface area contributed by atoms with Crippen LogP contribution in [0.3, 0.4) is 0 Å². The molecule has 1 heterocycles. The van der Waals surface area contributed by atoms with Crippen LogP contribution < -0.4 is 4.74 Å². The van der Waals surface area contributed by atoms with Gasteiger partial charge in [0.1, 0.15) is 11.5 Å². The minimum atomic E-state index is 0.433. The van der Waals surface area contributed by atoms with Crippen molar-refractivity contribution in [3.05, 3.63) is 35.4 Å². The lowest BCUT2D eigenvalue weighted by Gasteiger charge is -2.12. The standard InChI is InChI=1S/C15H14N2O2/c16-8-3-4-9-19-15-12(11-17)7-10-18-14-6-2-1-5-13(14)15/h1-2,5-6H,3-4,7,9-10H2. The van der Waals surface area contributed by atoms with Crippen LogP contribution in [0.2, 0.25) is 0 Å². The van der Waals surface area contributed by atoms with Gasteiger partial charge in [-0.15, -0.1) is 0 Å². The Morgan fingerprint density at radius 3 is 2.89 bits per heavy atom. The minimum Gasteiger partial charge on any atom is -0.492 e. The quantitative estimate of drug-likeness (QED) is 0.774. The van der Waals surface area contributed by atoms with Crippen molar-refractivity contribution in [2.75, 3.05) is 13.2 Å². The van der Waals surface area contributed by atoms with Crippen molar-refractivity contribution in [2.45, 2.75) is 19.3 Å². The molecule has 0 N–H and O–H groups in total. The van der Waals surface area contributed by atoms with Crippen LogP contribution in [0.1, 0.15) is 24.8 Å². The van der Waals surface area contributed by atoms with Gasteiger partial charge >= 0.3 is 0 Å². The van der Waals surface area contributed by atoms with Crippen LogP contribution in [0.15, 0.2) is 29.8 Å². The summed E-state index contributed by atoms with van der Waals surface area (Å²) in [5.74, 6) is 1.33. The summed E-state index contributed by atoms with van der Waals surface area (Å²) in [6.45, 7) is 0.910. The van der Waals surface area contributed by atoms with E-state index in [0.29, 0.717) is 43.8 Å². The van der Waals surface area contributed by atoms with E-state index in [4.69, 9.17) is 14.7 Å². The molecule has 2 rings (SSSR count). The summed E-state index contributed by atoms with van der Waals surface area (Å²) in [4.78, 5) is 0. The number of nitrogens with zero attached hydrogens (tertiary/aromatic N) is 2. The van der Waals surface area contributed by atoms with Gasteiger partial charge in [0.05, 0.1) is 36.5 Å². The molecule has 0 fully saturated rings. The molecule has 0 unspecified atom stereocenters. The molecule has 1 aliphatic heterocycles. The highest BCUT2D eigenvalue weighted by Crippen LogP contribution is 2.33. The number of unbranched alkanes of at least 4 members (excludes halogenated alkanes) is 1. The maximum absolute atomic E-state index is 9.22. The van der Waals surface area contributed by atoms with Crippen molar-refractivity contribution < 1.29 is 9.47 Å². The molecule has 0 amide bonds. The first-order valence-electron chi connectivity index (χ1n) is 6.22. The Morgan fingerprint density at radius 1 is 1.26 bits per heavy atom. The normalized spacial score (nSPS) is 13.6. The van der Waals surface area contributed by atoms with Crippen LogP contribution in [0, 0.1) is 22.7 Å². The second-order valence-electron chi connectivity index (χ2n) is 4.12. The Labute approximate surface area is 112 Å². The summed E-state index contributed by atoms with van der Waals surface area (Å²) in [7, 11) is 0. The van der Waals surface area contributed by atoms with Crippen LogP contribution in [0.5, 0.6) is 5.75 Å². The number of ether oxygens (including phenoxy) is 2. The molecular weight excluding hydrogens is 240 g/mol. The van der Waals surface area contributed by atoms with Gasteiger partial charge in [0.25, 0.3) is 0 Å². The summed E-state index contributed by atoms with van der Waals surface area (Å²) in [5, 5.41) is 17.7. The molecule has 0 saturated heterocycles. The summed E-state index contributed by atoms with van der Waals surface area (Å²) >= 11 is 0. The lowest BCUT2D eigenvalue weighted by molar-refractivity contribution is 0.271. The molecule has 4 nitrogen and oxygen atoms in total. The first-order chi connectivity index (χ1) is 9.36. The van der Waals surface area contributed by atoms with Gasteiger partial charge < -0.3 is 9.47 Å². The highest BCUT2D eigenvalue weighted by atomic mass is 16.5. The van der Waals surface area contributed by atoms with E-state index >= 15 is 0 Å². The summed E-state index contributed by atoms with van der Waals surface area (Å²) in [6.07, 6.45) is 1.65. The minimum absolute atomic E-state index is 0.433. The Hall–Kier alpha value is -2.46. The van der Waals surface area contributed by atoms with Crippen molar-refractivity contribution >= 4 is 5.76 Å². The third-order valence-electron chi connectivity index (χ3n) is 2.83. The molecule has 4 heteroatoms. The van der Waals surface area contributed by atoms with Crippen molar-refractivity contribution in [2.24, 2.45) is 0 Å². The van der Waals surface area contributed by atoms with E-state index in [0.717, 1.165) is 11.3 Å². The number of fused-ring (bicyclic) bond motifs is 1. The van der Waals surface area contributed by atoms with Crippen molar-refractivity contribution in [3.8, 4) is 17.9 Å². The average molecular weight is 254 g/mol. The Morgan fingerprint density at radius 2 is 2.11 bits per heavy atom. The van der Waals surface area contributed by atoms with Crippen LogP contribution in [0.4, 0.5) is 0 Å². The molecule has 0 radical (unpaired) electrons. The Balaban J connectivity index is 2.26. The predicted molar refractivity (Wildman–Crippen MR) is 69.9 cm³/mol. The van der Waals surface area contributed by atoms with Crippen molar-refractivity contribution in [1.82, 2.24) is 0 Å². The lowest BCUT2D eigenvalue weighted by atomic mass is 10.1. The van der Waals surface area contributed by atoms with Crippen molar-refractivity contribution in [1.29, 1.82) is 10.5 Å². The average Bonchev–Trinajstić information content (AvgIpc) is 2.63. The molecular formula is C15H14N2O2. The molecule has 0 aromatic heterocycles. The monoisotopic (exact) mass is 254 g/mol. The maximum Gasteiger partial charge on any atom is 0.144 e. The van der Waals surface area contributed by atoms with E-state index in [1.54, 1.807) is 0 Å². The smallest absolute Gasteiger partial charge is 0.144 e. The van der Waals surface area contributed by atoms with Gasteiger partial charge in [-0.25, -0.2) is 0 Å². The fourth-order valence-corrected chi connectivity index (χ4v) is 1.92. The van der Waals surface area contributed by atoms with Gasteiger partial charge in [-0.05, 0) is 18.6 Å². The van der Waals surface area contributed by atoms with E-state index in [1.807, 2.05) is 24.3 Å². The van der Waals surface area contributed by atoms with Gasteiger partial charge in [0.2, 0.25) is 0 Å². The van der Waals surface area contributed by atoms with Crippen LogP contribution in [0.25, 0.3) is 5.76 Å². The van der Waals surface area contributed by atoms with Gasteiger partial charge in [-0.2, -0.15) is 10.5 Å². The molecule has 19 heavy (non-hydrogen) atoms. The van der Waals surface area contributed by atoms with Crippen LogP contribution >= 0.6 is 0 Å². The van der Waals surface area contributed by atoms with Crippen LogP contribution in [-0.4, -0.2) is 13.2 Å². The van der Waals surface area contributed by atoms with Crippen LogP contribution in [-0.2, 0) is 4.74 Å². The second-order valence-corrected chi connectivity index (χ2v) is 4.12. The maximum atomic E-state index is 9.22. The number of para-hydroxylation sites is 1. The first kappa shape index (κ1) is 13.0. The van der Waals surface area contributed by atoms with Gasteiger partial charge in [0.15, 0.2) is 0 Å². The molecule has 0 atom stereocenters. The molecule has 0 saturated carbocycles.